The van der Waals surface area contributed by atoms with Crippen LogP contribution in [0.1, 0.15) is 43.5 Å². The summed E-state index contributed by atoms with van der Waals surface area (Å²) in [6, 6.07) is 19.0. The number of hydrogen-bond donors (Lipinski definition) is 0. The van der Waals surface area contributed by atoms with E-state index in [1.54, 1.807) is 38.1 Å². The predicted molar refractivity (Wildman–Crippen MR) is 178 cm³/mol. The lowest BCUT2D eigenvalue weighted by atomic mass is 9.95. The molecule has 0 amide bonds. The molecule has 0 radical (unpaired) electrons. The molecular weight excluding hydrogens is 644 g/mol. The van der Waals surface area contributed by atoms with Crippen molar-refractivity contribution >= 4 is 41.0 Å². The molecule has 5 rings (SSSR count). The van der Waals surface area contributed by atoms with Crippen molar-refractivity contribution in [3.8, 4) is 17.2 Å². The maximum atomic E-state index is 14.0. The number of hydrogen-bond acceptors (Lipinski definition) is 10. The van der Waals surface area contributed by atoms with Crippen molar-refractivity contribution in [1.29, 1.82) is 0 Å². The molecule has 4 aromatic rings. The fourth-order valence-corrected chi connectivity index (χ4v) is 6.25. The number of nitrogens with zero attached hydrogens (tertiary/aromatic N) is 2. The van der Waals surface area contributed by atoms with Gasteiger partial charge in [0.05, 0.1) is 42.2 Å². The summed E-state index contributed by atoms with van der Waals surface area (Å²) in [5.41, 5.74) is 2.66. The Morgan fingerprint density at radius 3 is 2.47 bits per heavy atom. The first-order valence-corrected chi connectivity index (χ1v) is 16.0. The van der Waals surface area contributed by atoms with Gasteiger partial charge in [-0.3, -0.25) is 9.36 Å². The largest absolute Gasteiger partial charge is 0.490 e. The van der Waals surface area contributed by atoms with Gasteiger partial charge in [0.1, 0.15) is 12.4 Å². The summed E-state index contributed by atoms with van der Waals surface area (Å²) >= 11 is 7.29. The second-order valence-electron chi connectivity index (χ2n) is 10.3. The molecule has 0 aliphatic carbocycles. The van der Waals surface area contributed by atoms with Gasteiger partial charge in [-0.05, 0) is 79.9 Å². The Kier molecular flexibility index (Phi) is 10.8. The third kappa shape index (κ3) is 7.75. The first kappa shape index (κ1) is 33.5. The van der Waals surface area contributed by atoms with Crippen LogP contribution in [0.15, 0.2) is 87.8 Å². The summed E-state index contributed by atoms with van der Waals surface area (Å²) in [6.45, 7) is 5.76. The molecule has 47 heavy (non-hydrogen) atoms. The lowest BCUT2D eigenvalue weighted by Crippen LogP contribution is -2.40. The van der Waals surface area contributed by atoms with Crippen LogP contribution in [0, 0.1) is 0 Å². The Balaban J connectivity index is 1.52. The van der Waals surface area contributed by atoms with E-state index in [1.165, 1.54) is 23.0 Å². The van der Waals surface area contributed by atoms with Crippen LogP contribution >= 0.6 is 22.9 Å². The van der Waals surface area contributed by atoms with Crippen molar-refractivity contribution in [3.05, 3.63) is 119 Å². The van der Waals surface area contributed by atoms with Crippen LogP contribution in [-0.4, -0.2) is 43.4 Å². The van der Waals surface area contributed by atoms with Gasteiger partial charge in [-0.2, -0.15) is 0 Å². The van der Waals surface area contributed by atoms with Crippen LogP contribution < -0.4 is 29.1 Å². The monoisotopic (exact) mass is 676 g/mol. The van der Waals surface area contributed by atoms with Crippen LogP contribution in [0.5, 0.6) is 17.2 Å². The molecular formula is C35H33ClN2O8S. The number of carbonyl (C=O) groups is 2. The average Bonchev–Trinajstić information content (AvgIpc) is 3.36. The molecule has 12 heteroatoms. The minimum Gasteiger partial charge on any atom is -0.490 e. The molecule has 0 spiro atoms. The lowest BCUT2D eigenvalue weighted by molar-refractivity contribution is -0.143. The summed E-state index contributed by atoms with van der Waals surface area (Å²) in [5, 5.41) is 0.645. The highest BCUT2D eigenvalue weighted by atomic mass is 35.5. The SMILES string of the molecule is CCOC(=O)C1=C(C)N=c2s/c(=C/c3ccc(OCc4cccc(Cl)c4)cc3)c(=O)n2[C@H]1c1ccc(OCC(=O)OC)c(OCC)c1. The molecule has 0 bridgehead atoms. The van der Waals surface area contributed by atoms with Gasteiger partial charge in [-0.1, -0.05) is 53.3 Å². The summed E-state index contributed by atoms with van der Waals surface area (Å²) < 4.78 is 29.4. The molecule has 1 aromatic heterocycles. The molecule has 0 saturated heterocycles. The Hall–Kier alpha value is -4.87. The molecule has 244 valence electrons. The molecule has 10 nitrogen and oxygen atoms in total. The van der Waals surface area contributed by atoms with E-state index >= 15 is 0 Å². The quantitative estimate of drug-likeness (QED) is 0.193. The number of methoxy groups -OCH3 is 1. The number of carbonyl (C=O) groups excluding carboxylic acids is 2. The first-order valence-electron chi connectivity index (χ1n) is 14.9. The summed E-state index contributed by atoms with van der Waals surface area (Å²) in [5.74, 6) is 0.192. The van der Waals surface area contributed by atoms with E-state index in [-0.39, 0.29) is 24.3 Å². The lowest BCUT2D eigenvalue weighted by Gasteiger charge is -2.25. The van der Waals surface area contributed by atoms with Crippen LogP contribution in [0.2, 0.25) is 5.02 Å². The molecule has 1 atom stereocenters. The number of aromatic nitrogens is 1. The first-order chi connectivity index (χ1) is 22.7. The van der Waals surface area contributed by atoms with Crippen molar-refractivity contribution < 1.29 is 33.3 Å². The van der Waals surface area contributed by atoms with E-state index < -0.39 is 18.0 Å². The van der Waals surface area contributed by atoms with Crippen molar-refractivity contribution in [1.82, 2.24) is 4.57 Å². The standard InChI is InChI=1S/C35H33ClN2O8S/c1-5-43-28-18-24(12-15-27(28)46-20-30(39)42-4)32-31(34(41)44-6-2)21(3)37-35-38(32)33(40)29(47-35)17-22-10-13-26(14-11-22)45-19-23-8-7-9-25(36)16-23/h7-18,32H,5-6,19-20H2,1-4H3/b29-17+/t32-/m0/s1. The molecule has 0 N–H and O–H groups in total. The smallest absolute Gasteiger partial charge is 0.343 e. The molecule has 0 fully saturated rings. The number of ether oxygens (including phenoxy) is 5. The van der Waals surface area contributed by atoms with Gasteiger partial charge >= 0.3 is 11.9 Å². The number of allylic oxidation sites excluding steroid dienone is 1. The summed E-state index contributed by atoms with van der Waals surface area (Å²) in [7, 11) is 1.27. The fraction of sp³-hybridized carbons (Fsp3) is 0.257. The molecule has 1 aliphatic heterocycles. The number of thiazole rings is 1. The zero-order valence-corrected chi connectivity index (χ0v) is 27.9. The molecule has 2 heterocycles. The topological polar surface area (TPSA) is 115 Å². The van der Waals surface area contributed by atoms with Gasteiger partial charge in [0.25, 0.3) is 5.56 Å². The Bertz CT molecular complexity index is 2000. The van der Waals surface area contributed by atoms with Gasteiger partial charge in [0, 0.05) is 5.02 Å². The number of esters is 2. The van der Waals surface area contributed by atoms with Crippen molar-refractivity contribution in [2.75, 3.05) is 26.9 Å². The van der Waals surface area contributed by atoms with E-state index in [2.05, 4.69) is 9.73 Å². The Morgan fingerprint density at radius 2 is 1.77 bits per heavy atom. The predicted octanol–water partition coefficient (Wildman–Crippen LogP) is 4.98. The number of fused-ring (bicyclic) bond motifs is 1. The molecule has 0 unspecified atom stereocenters. The highest BCUT2D eigenvalue weighted by molar-refractivity contribution is 7.07. The number of benzene rings is 3. The molecule has 1 aliphatic rings. The minimum atomic E-state index is -0.858. The summed E-state index contributed by atoms with van der Waals surface area (Å²) in [6.07, 6.45) is 1.78. The zero-order valence-electron chi connectivity index (χ0n) is 26.3. The van der Waals surface area contributed by atoms with Crippen molar-refractivity contribution in [2.45, 2.75) is 33.4 Å². The van der Waals surface area contributed by atoms with Crippen molar-refractivity contribution in [2.24, 2.45) is 4.99 Å². The Labute approximate surface area is 280 Å². The highest BCUT2D eigenvalue weighted by Gasteiger charge is 2.34. The molecule has 0 saturated carbocycles. The fourth-order valence-electron chi connectivity index (χ4n) is 4.99. The van der Waals surface area contributed by atoms with E-state index in [9.17, 15) is 14.4 Å². The van der Waals surface area contributed by atoms with Crippen LogP contribution in [0.3, 0.4) is 0 Å². The van der Waals surface area contributed by atoms with Crippen molar-refractivity contribution in [3.63, 3.8) is 0 Å². The number of halogens is 1. The normalized spacial score (nSPS) is 14.2. The van der Waals surface area contributed by atoms with Gasteiger partial charge in [-0.15, -0.1) is 0 Å². The van der Waals surface area contributed by atoms with Gasteiger partial charge < -0.3 is 23.7 Å². The van der Waals surface area contributed by atoms with E-state index in [0.717, 1.165) is 11.1 Å². The van der Waals surface area contributed by atoms with E-state index in [4.69, 9.17) is 30.5 Å². The average molecular weight is 677 g/mol. The van der Waals surface area contributed by atoms with Crippen LogP contribution in [-0.2, 0) is 25.7 Å². The number of rotatable bonds is 12. The third-order valence-corrected chi connectivity index (χ3v) is 8.36. The third-order valence-electron chi connectivity index (χ3n) is 7.15. The summed E-state index contributed by atoms with van der Waals surface area (Å²) in [4.78, 5) is 44.1. The zero-order chi connectivity index (χ0) is 33.5. The second-order valence-corrected chi connectivity index (χ2v) is 11.7. The van der Waals surface area contributed by atoms with Gasteiger partial charge in [-0.25, -0.2) is 14.6 Å². The minimum absolute atomic E-state index is 0.149. The van der Waals surface area contributed by atoms with E-state index in [0.29, 0.717) is 56.1 Å². The van der Waals surface area contributed by atoms with Crippen LogP contribution in [0.25, 0.3) is 6.08 Å². The maximum Gasteiger partial charge on any atom is 0.343 e. The highest BCUT2D eigenvalue weighted by Crippen LogP contribution is 2.36. The van der Waals surface area contributed by atoms with Gasteiger partial charge in [0.15, 0.2) is 22.9 Å². The van der Waals surface area contributed by atoms with E-state index in [1.807, 2.05) is 55.5 Å². The molecule has 3 aromatic carbocycles. The second kappa shape index (κ2) is 15.1. The van der Waals surface area contributed by atoms with Gasteiger partial charge in [0.2, 0.25) is 0 Å². The van der Waals surface area contributed by atoms with Crippen LogP contribution in [0.4, 0.5) is 0 Å². The Morgan fingerprint density at radius 1 is 0.979 bits per heavy atom. The maximum absolute atomic E-state index is 14.0.